The summed E-state index contributed by atoms with van der Waals surface area (Å²) in [7, 11) is 1.34. The monoisotopic (exact) mass is 478 g/mol. The second kappa shape index (κ2) is 9.22. The minimum absolute atomic E-state index is 0.0119. The van der Waals surface area contributed by atoms with Crippen LogP contribution in [-0.2, 0) is 6.18 Å². The maximum atomic E-state index is 13.2. The average molecular weight is 478 g/mol. The van der Waals surface area contributed by atoms with Crippen molar-refractivity contribution < 1.29 is 32.2 Å². The van der Waals surface area contributed by atoms with Crippen molar-refractivity contribution in [1.82, 2.24) is 15.3 Å². The highest BCUT2D eigenvalue weighted by Gasteiger charge is 2.33. The number of hydrogen-bond acceptors (Lipinski definition) is 7. The number of carbonyl (C=O) groups is 1. The van der Waals surface area contributed by atoms with Gasteiger partial charge in [0.2, 0.25) is 5.89 Å². The lowest BCUT2D eigenvalue weighted by Crippen LogP contribution is -2.39. The highest BCUT2D eigenvalue weighted by atomic mass is 19.4. The summed E-state index contributed by atoms with van der Waals surface area (Å²) in [5.41, 5.74) is 5.31. The maximum Gasteiger partial charge on any atom is 0.433 e. The molecular weight excluding hydrogens is 453 g/mol. The van der Waals surface area contributed by atoms with Gasteiger partial charge in [-0.3, -0.25) is 4.79 Å². The van der Waals surface area contributed by atoms with Gasteiger partial charge in [-0.15, -0.1) is 0 Å². The number of aliphatic hydroxyl groups excluding tert-OH is 1. The molecule has 4 N–H and O–H groups in total. The Hall–Kier alpha value is -3.18. The number of aliphatic hydroxyl groups is 1. The number of hydrogen-bond donors (Lipinski definition) is 3. The molecule has 2 aromatic heterocycles. The van der Waals surface area contributed by atoms with Crippen molar-refractivity contribution in [2.75, 3.05) is 7.11 Å². The number of amides is 1. The van der Waals surface area contributed by atoms with Crippen LogP contribution in [0.15, 0.2) is 28.7 Å². The Morgan fingerprint density at radius 1 is 1.21 bits per heavy atom. The van der Waals surface area contributed by atoms with Gasteiger partial charge < -0.3 is 25.3 Å². The third-order valence-corrected chi connectivity index (χ3v) is 5.87. The van der Waals surface area contributed by atoms with E-state index in [1.165, 1.54) is 19.2 Å². The van der Waals surface area contributed by atoms with Gasteiger partial charge in [0.15, 0.2) is 11.5 Å². The van der Waals surface area contributed by atoms with E-state index in [9.17, 15) is 23.1 Å². The number of aromatic nitrogens is 2. The highest BCUT2D eigenvalue weighted by molar-refractivity contribution is 5.98. The normalized spacial score (nSPS) is 19.7. The van der Waals surface area contributed by atoms with Crippen LogP contribution in [0.1, 0.15) is 60.6 Å². The zero-order valence-electron chi connectivity index (χ0n) is 18.6. The number of benzene rings is 1. The molecule has 0 unspecified atom stereocenters. The van der Waals surface area contributed by atoms with Crippen LogP contribution in [0.5, 0.6) is 5.75 Å². The van der Waals surface area contributed by atoms with Gasteiger partial charge >= 0.3 is 6.18 Å². The SMILES string of the molecule is COc1ccc(-c2nc(C(=O)N[C@H]3CC[C@H](O)CC3)c([C@H](C)N)o2)c2ccc(C(F)(F)F)nc12. The summed E-state index contributed by atoms with van der Waals surface area (Å²) in [6, 6.07) is 4.42. The molecule has 11 heteroatoms. The summed E-state index contributed by atoms with van der Waals surface area (Å²) in [4.78, 5) is 21.1. The number of nitrogens with one attached hydrogen (secondary N) is 1. The van der Waals surface area contributed by atoms with Crippen LogP contribution in [0.2, 0.25) is 0 Å². The van der Waals surface area contributed by atoms with Crippen LogP contribution in [0.25, 0.3) is 22.4 Å². The van der Waals surface area contributed by atoms with Gasteiger partial charge in [-0.25, -0.2) is 9.97 Å². The first-order valence-electron chi connectivity index (χ1n) is 10.9. The summed E-state index contributed by atoms with van der Waals surface area (Å²) in [5.74, 6) is -0.113. The van der Waals surface area contributed by atoms with E-state index in [-0.39, 0.29) is 40.8 Å². The van der Waals surface area contributed by atoms with Gasteiger partial charge in [0.05, 0.1) is 19.3 Å². The van der Waals surface area contributed by atoms with Crippen molar-refractivity contribution >= 4 is 16.8 Å². The van der Waals surface area contributed by atoms with Crippen LogP contribution >= 0.6 is 0 Å². The predicted octanol–water partition coefficient (Wildman–Crippen LogP) is 3.97. The van der Waals surface area contributed by atoms with Gasteiger partial charge in [-0.05, 0) is 56.9 Å². The molecular formula is C23H25F3N4O4. The number of ether oxygens (including phenoxy) is 1. The van der Waals surface area contributed by atoms with E-state index in [0.717, 1.165) is 6.07 Å². The number of methoxy groups -OCH3 is 1. The third kappa shape index (κ3) is 4.71. The molecule has 4 rings (SSSR count). The third-order valence-electron chi connectivity index (χ3n) is 5.87. The fraction of sp³-hybridized carbons (Fsp3) is 0.435. The lowest BCUT2D eigenvalue weighted by molar-refractivity contribution is -0.140. The van der Waals surface area contributed by atoms with Crippen molar-refractivity contribution in [3.63, 3.8) is 0 Å². The number of carbonyl (C=O) groups excluding carboxylic acids is 1. The molecule has 1 saturated carbocycles. The molecule has 3 aromatic rings. The molecule has 1 aliphatic carbocycles. The lowest BCUT2D eigenvalue weighted by Gasteiger charge is -2.25. The number of pyridine rings is 1. The first-order chi connectivity index (χ1) is 16.1. The summed E-state index contributed by atoms with van der Waals surface area (Å²) >= 11 is 0. The van der Waals surface area contributed by atoms with Crippen LogP contribution in [-0.4, -0.2) is 40.2 Å². The van der Waals surface area contributed by atoms with Crippen LogP contribution in [0.3, 0.4) is 0 Å². The van der Waals surface area contributed by atoms with Crippen molar-refractivity contribution in [3.8, 4) is 17.2 Å². The van der Waals surface area contributed by atoms with E-state index < -0.39 is 23.8 Å². The fourth-order valence-electron chi connectivity index (χ4n) is 4.09. The molecule has 182 valence electrons. The fourth-order valence-corrected chi connectivity index (χ4v) is 4.09. The first-order valence-corrected chi connectivity index (χ1v) is 10.9. The predicted molar refractivity (Wildman–Crippen MR) is 117 cm³/mol. The molecule has 0 saturated heterocycles. The molecule has 0 aliphatic heterocycles. The van der Waals surface area contributed by atoms with Crippen molar-refractivity contribution in [2.45, 2.75) is 57.0 Å². The van der Waals surface area contributed by atoms with Crippen molar-refractivity contribution in [3.05, 3.63) is 41.4 Å². The Balaban J connectivity index is 1.74. The van der Waals surface area contributed by atoms with Crippen molar-refractivity contribution in [2.24, 2.45) is 5.73 Å². The molecule has 8 nitrogen and oxygen atoms in total. The highest BCUT2D eigenvalue weighted by Crippen LogP contribution is 2.37. The largest absolute Gasteiger partial charge is 0.494 e. The minimum Gasteiger partial charge on any atom is -0.494 e. The van der Waals surface area contributed by atoms with Crippen molar-refractivity contribution in [1.29, 1.82) is 0 Å². The molecule has 1 amide bonds. The zero-order valence-corrected chi connectivity index (χ0v) is 18.6. The molecule has 1 aliphatic rings. The van der Waals surface area contributed by atoms with E-state index >= 15 is 0 Å². The molecule has 0 spiro atoms. The number of nitrogens with two attached hydrogens (primary N) is 1. The summed E-state index contributed by atoms with van der Waals surface area (Å²) in [5, 5.41) is 12.9. The van der Waals surface area contributed by atoms with Crippen LogP contribution < -0.4 is 15.8 Å². The Bertz CT molecular complexity index is 1200. The molecule has 0 bridgehead atoms. The quantitative estimate of drug-likeness (QED) is 0.507. The zero-order chi connectivity index (χ0) is 24.6. The molecule has 1 fully saturated rings. The second-order valence-corrected chi connectivity index (χ2v) is 8.41. The number of halogens is 3. The maximum absolute atomic E-state index is 13.2. The van der Waals surface area contributed by atoms with E-state index in [0.29, 0.717) is 36.6 Å². The van der Waals surface area contributed by atoms with E-state index in [2.05, 4.69) is 15.3 Å². The standard InChI is InChI=1S/C23H25F3N4O4/c1-11(27)20-19(21(32)28-12-3-5-13(31)6-4-12)30-22(34-20)15-7-9-16(33-2)18-14(15)8-10-17(29-18)23(24,25)26/h7-13,31H,3-6,27H2,1-2H3,(H,28,32)/t11-,12-,13-/m0/s1. The van der Waals surface area contributed by atoms with Gasteiger partial charge in [-0.1, -0.05) is 0 Å². The number of oxazole rings is 1. The van der Waals surface area contributed by atoms with Gasteiger partial charge in [0.1, 0.15) is 17.0 Å². The summed E-state index contributed by atoms with van der Waals surface area (Å²) < 4.78 is 50.7. The smallest absolute Gasteiger partial charge is 0.433 e. The topological polar surface area (TPSA) is 124 Å². The number of fused-ring (bicyclic) bond motifs is 1. The lowest BCUT2D eigenvalue weighted by atomic mass is 9.93. The summed E-state index contributed by atoms with van der Waals surface area (Å²) in [6.45, 7) is 1.64. The molecule has 2 heterocycles. The number of alkyl halides is 3. The Morgan fingerprint density at radius 3 is 2.53 bits per heavy atom. The Kier molecular flexibility index (Phi) is 6.50. The summed E-state index contributed by atoms with van der Waals surface area (Å²) in [6.07, 6.45) is -2.51. The molecule has 0 radical (unpaired) electrons. The first kappa shape index (κ1) is 24.0. The van der Waals surface area contributed by atoms with E-state index in [1.807, 2.05) is 0 Å². The Labute approximate surface area is 193 Å². The minimum atomic E-state index is -4.62. The molecule has 34 heavy (non-hydrogen) atoms. The molecule has 1 atom stereocenters. The van der Waals surface area contributed by atoms with Gasteiger partial charge in [0, 0.05) is 17.0 Å². The Morgan fingerprint density at radius 2 is 1.91 bits per heavy atom. The van der Waals surface area contributed by atoms with Crippen LogP contribution in [0.4, 0.5) is 13.2 Å². The second-order valence-electron chi connectivity index (χ2n) is 8.41. The van der Waals surface area contributed by atoms with Gasteiger partial charge in [-0.2, -0.15) is 13.2 Å². The average Bonchev–Trinajstić information content (AvgIpc) is 3.24. The van der Waals surface area contributed by atoms with E-state index in [4.69, 9.17) is 14.9 Å². The van der Waals surface area contributed by atoms with Crippen LogP contribution in [0, 0.1) is 0 Å². The molecule has 1 aromatic carbocycles. The number of nitrogens with zero attached hydrogens (tertiary/aromatic N) is 2. The van der Waals surface area contributed by atoms with Gasteiger partial charge in [0.25, 0.3) is 5.91 Å². The number of rotatable bonds is 5. The van der Waals surface area contributed by atoms with E-state index in [1.54, 1.807) is 13.0 Å².